The van der Waals surface area contributed by atoms with E-state index in [1.54, 1.807) is 0 Å². The van der Waals surface area contributed by atoms with Crippen LogP contribution in [0, 0.1) is 5.82 Å². The van der Waals surface area contributed by atoms with Gasteiger partial charge in [0.05, 0.1) is 11.4 Å². The van der Waals surface area contributed by atoms with E-state index in [9.17, 15) is 4.39 Å². The van der Waals surface area contributed by atoms with Gasteiger partial charge in [0.2, 0.25) is 0 Å². The Bertz CT molecular complexity index is 570. The first kappa shape index (κ1) is 13.4. The van der Waals surface area contributed by atoms with Crippen LogP contribution in [0.3, 0.4) is 0 Å². The third kappa shape index (κ3) is 2.55. The lowest BCUT2D eigenvalue weighted by Gasteiger charge is -2.27. The van der Waals surface area contributed by atoms with Gasteiger partial charge < -0.3 is 11.1 Å². The summed E-state index contributed by atoms with van der Waals surface area (Å²) in [6.07, 6.45) is 2.01. The quantitative estimate of drug-likeness (QED) is 0.851. The molecule has 0 spiro atoms. The zero-order valence-corrected chi connectivity index (χ0v) is 11.2. The fourth-order valence-corrected chi connectivity index (χ4v) is 2.16. The number of allylic oxidation sites excluding steroid dienone is 2. The van der Waals surface area contributed by atoms with E-state index in [0.717, 1.165) is 35.2 Å². The minimum atomic E-state index is -0.199. The average Bonchev–Trinajstić information content (AvgIpc) is 2.42. The molecule has 3 heteroatoms. The van der Waals surface area contributed by atoms with Crippen molar-refractivity contribution in [3.8, 4) is 0 Å². The number of hydrogen-bond acceptors (Lipinski definition) is 2. The van der Waals surface area contributed by atoms with Crippen LogP contribution in [-0.4, -0.2) is 0 Å². The van der Waals surface area contributed by atoms with Crippen LogP contribution in [0.1, 0.15) is 24.5 Å². The first-order chi connectivity index (χ1) is 9.04. The highest BCUT2D eigenvalue weighted by Gasteiger charge is 2.23. The van der Waals surface area contributed by atoms with E-state index in [0.29, 0.717) is 17.8 Å². The van der Waals surface area contributed by atoms with Gasteiger partial charge in [0, 0.05) is 23.3 Å². The maximum Gasteiger partial charge on any atom is 0.128 e. The molecule has 1 aliphatic rings. The Balaban J connectivity index is 2.10. The summed E-state index contributed by atoms with van der Waals surface area (Å²) < 4.78 is 13.7. The molecule has 1 aromatic rings. The zero-order valence-electron chi connectivity index (χ0n) is 11.2. The minimum Gasteiger partial charge on any atom is -0.397 e. The topological polar surface area (TPSA) is 38.0 Å². The minimum absolute atomic E-state index is 0.199. The first-order valence-corrected chi connectivity index (χ1v) is 6.44. The van der Waals surface area contributed by atoms with Crippen molar-refractivity contribution in [3.63, 3.8) is 0 Å². The Morgan fingerprint density at radius 2 is 2.00 bits per heavy atom. The van der Waals surface area contributed by atoms with Gasteiger partial charge in [-0.3, -0.25) is 0 Å². The van der Waals surface area contributed by atoms with Gasteiger partial charge in [0.15, 0.2) is 0 Å². The molecule has 0 atom stereocenters. The molecule has 0 aromatic heterocycles. The number of halogens is 1. The van der Waals surface area contributed by atoms with Crippen molar-refractivity contribution in [2.24, 2.45) is 5.73 Å². The molecule has 100 valence electrons. The van der Waals surface area contributed by atoms with Gasteiger partial charge in [-0.25, -0.2) is 4.39 Å². The molecule has 2 rings (SSSR count). The lowest BCUT2D eigenvalue weighted by atomic mass is 9.90. The summed E-state index contributed by atoms with van der Waals surface area (Å²) in [5.41, 5.74) is 10.6. The van der Waals surface area contributed by atoms with Crippen molar-refractivity contribution in [1.29, 1.82) is 0 Å². The van der Waals surface area contributed by atoms with Gasteiger partial charge in [-0.05, 0) is 18.1 Å². The molecule has 19 heavy (non-hydrogen) atoms. The number of benzene rings is 1. The highest BCUT2D eigenvalue weighted by atomic mass is 19.1. The normalized spacial score (nSPS) is 14.6. The van der Waals surface area contributed by atoms with Gasteiger partial charge >= 0.3 is 0 Å². The van der Waals surface area contributed by atoms with Gasteiger partial charge in [0.25, 0.3) is 0 Å². The third-order valence-corrected chi connectivity index (χ3v) is 3.36. The Morgan fingerprint density at radius 1 is 1.26 bits per heavy atom. The Hall–Kier alpha value is -2.03. The summed E-state index contributed by atoms with van der Waals surface area (Å²) in [5, 5.41) is 3.13. The second kappa shape index (κ2) is 5.31. The molecule has 0 bridgehead atoms. The number of nitrogens with two attached hydrogens (primary N) is 1. The molecule has 0 amide bonds. The van der Waals surface area contributed by atoms with Crippen LogP contribution in [0.2, 0.25) is 0 Å². The molecular formula is C16H19FN2. The van der Waals surface area contributed by atoms with Crippen molar-refractivity contribution < 1.29 is 4.39 Å². The van der Waals surface area contributed by atoms with E-state index in [-0.39, 0.29) is 5.82 Å². The summed E-state index contributed by atoms with van der Waals surface area (Å²) in [6.45, 7) is 10.2. The molecule has 0 saturated carbocycles. The van der Waals surface area contributed by atoms with E-state index in [2.05, 4.69) is 25.4 Å². The van der Waals surface area contributed by atoms with Gasteiger partial charge in [-0.15, -0.1) is 0 Å². The number of aryl methyl sites for hydroxylation is 1. The molecule has 3 N–H and O–H groups in total. The molecule has 0 fully saturated rings. The Labute approximate surface area is 113 Å². The van der Waals surface area contributed by atoms with Gasteiger partial charge in [0.1, 0.15) is 5.82 Å². The van der Waals surface area contributed by atoms with E-state index < -0.39 is 0 Å². The molecule has 1 aromatic carbocycles. The fourth-order valence-electron chi connectivity index (χ4n) is 2.16. The van der Waals surface area contributed by atoms with Crippen LogP contribution in [0.4, 0.5) is 4.39 Å². The molecule has 0 saturated heterocycles. The predicted molar refractivity (Wildman–Crippen MR) is 76.7 cm³/mol. The molecule has 1 aliphatic carbocycles. The lowest BCUT2D eigenvalue weighted by molar-refractivity contribution is 0.599. The van der Waals surface area contributed by atoms with Crippen LogP contribution in [0.5, 0.6) is 0 Å². The molecule has 0 heterocycles. The van der Waals surface area contributed by atoms with Crippen molar-refractivity contribution in [2.75, 3.05) is 0 Å². The summed E-state index contributed by atoms with van der Waals surface area (Å²) >= 11 is 0. The fraction of sp³-hybridized carbons (Fsp3) is 0.250. The monoisotopic (exact) mass is 258 g/mol. The molecule has 0 aliphatic heterocycles. The summed E-state index contributed by atoms with van der Waals surface area (Å²) in [6, 6.07) is 5.26. The van der Waals surface area contributed by atoms with E-state index in [1.165, 1.54) is 6.07 Å². The molecule has 0 radical (unpaired) electrons. The maximum atomic E-state index is 13.7. The Kier molecular flexibility index (Phi) is 3.74. The summed E-state index contributed by atoms with van der Waals surface area (Å²) in [7, 11) is 0. The van der Waals surface area contributed by atoms with E-state index in [1.807, 2.05) is 12.1 Å². The summed E-state index contributed by atoms with van der Waals surface area (Å²) in [4.78, 5) is 0. The maximum absolute atomic E-state index is 13.7. The van der Waals surface area contributed by atoms with Crippen LogP contribution in [-0.2, 0) is 13.0 Å². The van der Waals surface area contributed by atoms with Crippen molar-refractivity contribution in [2.45, 2.75) is 26.3 Å². The standard InChI is InChI=1S/C16H19FN2/c1-4-5-12-6-7-14(17)13(8-12)9-19-16-11(3)10(2)15(16)18/h6-8,19H,2-5,9,18H2,1H3. The van der Waals surface area contributed by atoms with E-state index >= 15 is 0 Å². The van der Waals surface area contributed by atoms with Crippen LogP contribution >= 0.6 is 0 Å². The molecular weight excluding hydrogens is 239 g/mol. The summed E-state index contributed by atoms with van der Waals surface area (Å²) in [5.74, 6) is -0.199. The van der Waals surface area contributed by atoms with Crippen molar-refractivity contribution >= 4 is 0 Å². The molecule has 2 nitrogen and oxygen atoms in total. The first-order valence-electron chi connectivity index (χ1n) is 6.44. The van der Waals surface area contributed by atoms with E-state index in [4.69, 9.17) is 5.73 Å². The third-order valence-electron chi connectivity index (χ3n) is 3.36. The van der Waals surface area contributed by atoms with Gasteiger partial charge in [-0.2, -0.15) is 0 Å². The smallest absolute Gasteiger partial charge is 0.128 e. The second-order valence-electron chi connectivity index (χ2n) is 4.78. The number of nitrogens with one attached hydrogen (secondary N) is 1. The second-order valence-corrected chi connectivity index (χ2v) is 4.78. The highest BCUT2D eigenvalue weighted by molar-refractivity contribution is 5.65. The predicted octanol–water partition coefficient (Wildman–Crippen LogP) is 3.16. The van der Waals surface area contributed by atoms with Crippen LogP contribution < -0.4 is 11.1 Å². The van der Waals surface area contributed by atoms with Crippen LogP contribution in [0.25, 0.3) is 0 Å². The largest absolute Gasteiger partial charge is 0.397 e. The number of rotatable bonds is 5. The zero-order chi connectivity index (χ0) is 14.0. The van der Waals surface area contributed by atoms with Gasteiger partial charge in [-0.1, -0.05) is 38.6 Å². The van der Waals surface area contributed by atoms with Crippen molar-refractivity contribution in [3.05, 3.63) is 70.8 Å². The molecule has 0 unspecified atom stereocenters. The number of hydrogen-bond donors (Lipinski definition) is 2. The van der Waals surface area contributed by atoms with Crippen LogP contribution in [0.15, 0.2) is 53.9 Å². The highest BCUT2D eigenvalue weighted by Crippen LogP contribution is 2.32. The SMILES string of the molecule is C=C1C(=C)C(NCc2cc(CCC)ccc2F)=C1N. The Morgan fingerprint density at radius 3 is 2.63 bits per heavy atom. The average molecular weight is 258 g/mol. The van der Waals surface area contributed by atoms with Crippen molar-refractivity contribution in [1.82, 2.24) is 5.32 Å². The lowest BCUT2D eigenvalue weighted by Crippen LogP contribution is -2.28.